The summed E-state index contributed by atoms with van der Waals surface area (Å²) in [4.78, 5) is 26.1. The first-order valence-corrected chi connectivity index (χ1v) is 16.7. The lowest BCUT2D eigenvalue weighted by molar-refractivity contribution is 0.0809. The highest BCUT2D eigenvalue weighted by molar-refractivity contribution is 6.76. The van der Waals surface area contributed by atoms with Gasteiger partial charge < -0.3 is 10.1 Å². The van der Waals surface area contributed by atoms with Gasteiger partial charge in [0.25, 0.3) is 5.91 Å². The van der Waals surface area contributed by atoms with Gasteiger partial charge in [0.05, 0.1) is 5.52 Å². The van der Waals surface area contributed by atoms with E-state index in [1.165, 1.54) is 0 Å². The van der Waals surface area contributed by atoms with Gasteiger partial charge >= 0.3 is 0 Å². The Hall–Kier alpha value is -4.21. The first-order chi connectivity index (χ1) is 18.8. The number of rotatable bonds is 9. The first-order valence-electron chi connectivity index (χ1n) is 13.0. The van der Waals surface area contributed by atoms with E-state index in [9.17, 15) is 4.79 Å². The summed E-state index contributed by atoms with van der Waals surface area (Å²) in [5, 5.41) is 8.39. The van der Waals surface area contributed by atoms with Crippen LogP contribution in [0.15, 0.2) is 79.6 Å². The van der Waals surface area contributed by atoms with Crippen LogP contribution in [-0.4, -0.2) is 45.3 Å². The Balaban J connectivity index is 1.53. The van der Waals surface area contributed by atoms with E-state index in [-0.39, 0.29) is 12.6 Å². The number of amides is 1. The molecule has 5 rings (SSSR count). The molecule has 9 heteroatoms. The summed E-state index contributed by atoms with van der Waals surface area (Å²) in [6.45, 7) is 10.0. The quantitative estimate of drug-likeness (QED) is 0.172. The number of aromatic nitrogens is 5. The number of carbonyl (C=O) groups excluding carboxylic acids is 1. The van der Waals surface area contributed by atoms with E-state index in [1.54, 1.807) is 41.6 Å². The maximum atomic E-state index is 13.4. The van der Waals surface area contributed by atoms with Crippen molar-refractivity contribution < 1.29 is 9.53 Å². The number of hydrogen-bond donors (Lipinski definition) is 1. The maximum Gasteiger partial charge on any atom is 0.276 e. The maximum absolute atomic E-state index is 13.4. The molecule has 0 saturated carbocycles. The minimum Gasteiger partial charge on any atom is -0.360 e. The standard InChI is InChI=1S/C30H32N6O2Si/c1-21-26(22-7-11-31-12-8-22)18-33-19-27(21)23-5-6-28-25(17-23)29(30(37)34-24-9-13-32-14-10-24)35-36(28)20-38-15-16-39(2,3)4/h5-14,17-19H,15-16,20H2,1-4H3,(H,32,34,37). The Morgan fingerprint density at radius 2 is 1.56 bits per heavy atom. The van der Waals surface area contributed by atoms with Crippen molar-refractivity contribution in [2.45, 2.75) is 39.3 Å². The predicted octanol–water partition coefficient (Wildman–Crippen LogP) is 6.43. The van der Waals surface area contributed by atoms with Crippen molar-refractivity contribution in [1.82, 2.24) is 24.7 Å². The minimum absolute atomic E-state index is 0.279. The summed E-state index contributed by atoms with van der Waals surface area (Å²) >= 11 is 0. The SMILES string of the molecule is Cc1c(-c2ccncc2)cncc1-c1ccc2c(c1)c(C(=O)Nc1ccncc1)nn2COCC[Si](C)(C)C. The fraction of sp³-hybridized carbons (Fsp3) is 0.233. The highest BCUT2D eigenvalue weighted by atomic mass is 28.3. The second-order valence-electron chi connectivity index (χ2n) is 10.7. The van der Waals surface area contributed by atoms with Crippen LogP contribution < -0.4 is 5.32 Å². The smallest absolute Gasteiger partial charge is 0.276 e. The van der Waals surface area contributed by atoms with Crippen molar-refractivity contribution >= 4 is 30.6 Å². The molecule has 39 heavy (non-hydrogen) atoms. The van der Waals surface area contributed by atoms with Crippen molar-refractivity contribution in [3.05, 3.63) is 90.9 Å². The number of pyridine rings is 3. The van der Waals surface area contributed by atoms with Gasteiger partial charge in [0.15, 0.2) is 5.69 Å². The Morgan fingerprint density at radius 1 is 0.897 bits per heavy atom. The highest BCUT2D eigenvalue weighted by Crippen LogP contribution is 2.33. The summed E-state index contributed by atoms with van der Waals surface area (Å²) in [6, 6.07) is 14.6. The number of fused-ring (bicyclic) bond motifs is 1. The van der Waals surface area contributed by atoms with Gasteiger partial charge in [-0.1, -0.05) is 25.7 Å². The molecule has 0 aliphatic rings. The van der Waals surface area contributed by atoms with E-state index in [0.29, 0.717) is 18.0 Å². The summed E-state index contributed by atoms with van der Waals surface area (Å²) in [6.07, 6.45) is 10.6. The largest absolute Gasteiger partial charge is 0.360 e. The predicted molar refractivity (Wildman–Crippen MR) is 157 cm³/mol. The third-order valence-electron chi connectivity index (χ3n) is 6.63. The van der Waals surface area contributed by atoms with Crippen LogP contribution >= 0.6 is 0 Å². The summed E-state index contributed by atoms with van der Waals surface area (Å²) in [5.74, 6) is -0.287. The van der Waals surface area contributed by atoms with Crippen LogP contribution in [0.25, 0.3) is 33.2 Å². The van der Waals surface area contributed by atoms with Gasteiger partial charge in [-0.3, -0.25) is 19.7 Å². The van der Waals surface area contributed by atoms with Crippen molar-refractivity contribution in [2.75, 3.05) is 11.9 Å². The Bertz CT molecular complexity index is 1600. The zero-order chi connectivity index (χ0) is 27.4. The average Bonchev–Trinajstić information content (AvgIpc) is 3.30. The molecular weight excluding hydrogens is 504 g/mol. The molecule has 1 aromatic carbocycles. The number of nitrogens with one attached hydrogen (secondary N) is 1. The number of nitrogens with zero attached hydrogens (tertiary/aromatic N) is 5. The number of hydrogen-bond acceptors (Lipinski definition) is 6. The van der Waals surface area contributed by atoms with E-state index >= 15 is 0 Å². The Kier molecular flexibility index (Phi) is 7.62. The van der Waals surface area contributed by atoms with Crippen LogP contribution in [0.1, 0.15) is 16.1 Å². The molecule has 0 bridgehead atoms. The van der Waals surface area contributed by atoms with Gasteiger partial charge in [0, 0.05) is 74.1 Å². The van der Waals surface area contributed by atoms with E-state index in [2.05, 4.69) is 46.8 Å². The molecule has 4 heterocycles. The highest BCUT2D eigenvalue weighted by Gasteiger charge is 2.20. The van der Waals surface area contributed by atoms with Gasteiger partial charge in [-0.25, -0.2) is 4.68 Å². The number of anilines is 1. The Labute approximate surface area is 229 Å². The van der Waals surface area contributed by atoms with E-state index in [4.69, 9.17) is 9.84 Å². The molecule has 5 aromatic rings. The number of benzene rings is 1. The van der Waals surface area contributed by atoms with Gasteiger partial charge in [0.1, 0.15) is 6.73 Å². The fourth-order valence-corrected chi connectivity index (χ4v) is 5.16. The first kappa shape index (κ1) is 26.4. The zero-order valence-electron chi connectivity index (χ0n) is 22.7. The summed E-state index contributed by atoms with van der Waals surface area (Å²) in [7, 11) is -1.22. The fourth-order valence-electron chi connectivity index (χ4n) is 4.41. The molecule has 0 radical (unpaired) electrons. The normalized spacial score (nSPS) is 11.6. The van der Waals surface area contributed by atoms with Crippen LogP contribution in [0.2, 0.25) is 25.7 Å². The molecule has 0 spiro atoms. The van der Waals surface area contributed by atoms with Crippen LogP contribution in [0.5, 0.6) is 0 Å². The molecule has 1 N–H and O–H groups in total. The van der Waals surface area contributed by atoms with Crippen LogP contribution in [-0.2, 0) is 11.5 Å². The summed E-state index contributed by atoms with van der Waals surface area (Å²) in [5.41, 5.74) is 6.98. The van der Waals surface area contributed by atoms with Crippen LogP contribution in [0.4, 0.5) is 5.69 Å². The lowest BCUT2D eigenvalue weighted by Gasteiger charge is -2.15. The van der Waals surface area contributed by atoms with Crippen LogP contribution in [0.3, 0.4) is 0 Å². The monoisotopic (exact) mass is 536 g/mol. The molecule has 1 amide bonds. The Morgan fingerprint density at radius 3 is 2.26 bits per heavy atom. The third-order valence-corrected chi connectivity index (χ3v) is 8.34. The lowest BCUT2D eigenvalue weighted by atomic mass is 9.95. The van der Waals surface area contributed by atoms with Crippen molar-refractivity contribution in [3.63, 3.8) is 0 Å². The third kappa shape index (κ3) is 6.10. The average molecular weight is 537 g/mol. The van der Waals surface area contributed by atoms with Crippen molar-refractivity contribution in [2.24, 2.45) is 0 Å². The molecule has 198 valence electrons. The van der Waals surface area contributed by atoms with E-state index < -0.39 is 8.07 Å². The van der Waals surface area contributed by atoms with Gasteiger partial charge in [-0.05, 0) is 66.1 Å². The lowest BCUT2D eigenvalue weighted by Crippen LogP contribution is -2.22. The molecule has 0 aliphatic heterocycles. The molecule has 4 aromatic heterocycles. The molecule has 0 aliphatic carbocycles. The summed E-state index contributed by atoms with van der Waals surface area (Å²) < 4.78 is 7.76. The second kappa shape index (κ2) is 11.3. The molecule has 0 atom stereocenters. The van der Waals surface area contributed by atoms with Gasteiger partial charge in [-0.2, -0.15) is 5.10 Å². The number of carbonyl (C=O) groups is 1. The zero-order valence-corrected chi connectivity index (χ0v) is 23.7. The molecule has 8 nitrogen and oxygen atoms in total. The van der Waals surface area contributed by atoms with E-state index in [0.717, 1.165) is 44.8 Å². The topological polar surface area (TPSA) is 94.8 Å². The van der Waals surface area contributed by atoms with E-state index in [1.807, 2.05) is 42.7 Å². The molecule has 0 unspecified atom stereocenters. The number of ether oxygens (including phenoxy) is 1. The minimum atomic E-state index is -1.22. The molecule has 0 saturated heterocycles. The molecule has 0 fully saturated rings. The molecular formula is C30H32N6O2Si. The van der Waals surface area contributed by atoms with Gasteiger partial charge in [-0.15, -0.1) is 0 Å². The van der Waals surface area contributed by atoms with Crippen LogP contribution in [0, 0.1) is 6.92 Å². The second-order valence-corrected chi connectivity index (χ2v) is 16.3. The van der Waals surface area contributed by atoms with Crippen molar-refractivity contribution in [3.8, 4) is 22.3 Å². The van der Waals surface area contributed by atoms with Crippen molar-refractivity contribution in [1.29, 1.82) is 0 Å². The van der Waals surface area contributed by atoms with Gasteiger partial charge in [0.2, 0.25) is 0 Å².